The number of ether oxygens (including phenoxy) is 1. The molecule has 3 rings (SSSR count). The van der Waals surface area contributed by atoms with Crippen molar-refractivity contribution in [3.05, 3.63) is 74.6 Å². The number of nitrogens with zero attached hydrogens (tertiary/aromatic N) is 2. The number of esters is 1. The molecule has 1 unspecified atom stereocenters. The first-order valence-corrected chi connectivity index (χ1v) is 10.5. The van der Waals surface area contributed by atoms with E-state index in [1.807, 2.05) is 29.6 Å². The van der Waals surface area contributed by atoms with Crippen molar-refractivity contribution < 1.29 is 19.2 Å². The van der Waals surface area contributed by atoms with Crippen LogP contribution < -0.4 is 5.32 Å². The third kappa shape index (κ3) is 5.13. The summed E-state index contributed by atoms with van der Waals surface area (Å²) in [5.41, 5.74) is 2.94. The number of hydrogen-bond acceptors (Lipinski definition) is 7. The lowest BCUT2D eigenvalue weighted by Gasteiger charge is -2.13. The SMILES string of the molecule is CCc1ccc(-c2csc(NC(=O)C(C)OC(=O)c3cccc([N+](=O)[O-])c3C)n2)cc1. The van der Waals surface area contributed by atoms with Crippen molar-refractivity contribution in [3.63, 3.8) is 0 Å². The van der Waals surface area contributed by atoms with Crippen LogP contribution in [0.4, 0.5) is 10.8 Å². The van der Waals surface area contributed by atoms with E-state index < -0.39 is 22.9 Å². The van der Waals surface area contributed by atoms with Gasteiger partial charge in [0.2, 0.25) is 0 Å². The highest BCUT2D eigenvalue weighted by atomic mass is 32.1. The van der Waals surface area contributed by atoms with Gasteiger partial charge >= 0.3 is 5.97 Å². The molecule has 0 aliphatic heterocycles. The first kappa shape index (κ1) is 22.1. The van der Waals surface area contributed by atoms with Crippen molar-refractivity contribution in [2.75, 3.05) is 5.32 Å². The molecule has 0 saturated heterocycles. The Bertz CT molecular complexity index is 1120. The predicted molar refractivity (Wildman–Crippen MR) is 118 cm³/mol. The van der Waals surface area contributed by atoms with Crippen LogP contribution in [0.2, 0.25) is 0 Å². The topological polar surface area (TPSA) is 111 Å². The Morgan fingerprint density at radius 3 is 2.58 bits per heavy atom. The zero-order valence-corrected chi connectivity index (χ0v) is 18.1. The molecule has 31 heavy (non-hydrogen) atoms. The number of carbonyl (C=O) groups excluding carboxylic acids is 2. The van der Waals surface area contributed by atoms with Crippen LogP contribution in [0.3, 0.4) is 0 Å². The second-order valence-electron chi connectivity index (χ2n) is 6.83. The summed E-state index contributed by atoms with van der Waals surface area (Å²) in [4.78, 5) is 39.7. The molecule has 8 nitrogen and oxygen atoms in total. The smallest absolute Gasteiger partial charge is 0.339 e. The maximum atomic E-state index is 12.4. The molecule has 1 amide bonds. The molecule has 160 valence electrons. The molecule has 1 aromatic heterocycles. The van der Waals surface area contributed by atoms with Crippen molar-refractivity contribution in [1.82, 2.24) is 4.98 Å². The van der Waals surface area contributed by atoms with E-state index in [4.69, 9.17) is 4.74 Å². The summed E-state index contributed by atoms with van der Waals surface area (Å²) in [5, 5.41) is 15.9. The minimum absolute atomic E-state index is 0.0425. The van der Waals surface area contributed by atoms with Crippen molar-refractivity contribution in [2.45, 2.75) is 33.3 Å². The summed E-state index contributed by atoms with van der Waals surface area (Å²) in [5.74, 6) is -1.35. The van der Waals surface area contributed by atoms with Crippen LogP contribution in [0.25, 0.3) is 11.3 Å². The van der Waals surface area contributed by atoms with Crippen LogP contribution in [0.5, 0.6) is 0 Å². The van der Waals surface area contributed by atoms with Gasteiger partial charge in [-0.05, 0) is 31.9 Å². The number of anilines is 1. The Kier molecular flexibility index (Phi) is 6.76. The maximum absolute atomic E-state index is 12.4. The van der Waals surface area contributed by atoms with Gasteiger partial charge in [-0.1, -0.05) is 37.3 Å². The lowest BCUT2D eigenvalue weighted by Crippen LogP contribution is -2.30. The van der Waals surface area contributed by atoms with Gasteiger partial charge in [0.1, 0.15) is 0 Å². The lowest BCUT2D eigenvalue weighted by molar-refractivity contribution is -0.385. The van der Waals surface area contributed by atoms with E-state index in [0.29, 0.717) is 5.13 Å². The Labute approximate surface area is 183 Å². The number of amides is 1. The van der Waals surface area contributed by atoms with Crippen molar-refractivity contribution >= 4 is 34.0 Å². The van der Waals surface area contributed by atoms with Crippen LogP contribution in [0.1, 0.15) is 35.3 Å². The fourth-order valence-electron chi connectivity index (χ4n) is 2.90. The summed E-state index contributed by atoms with van der Waals surface area (Å²) in [6, 6.07) is 12.1. The maximum Gasteiger partial charge on any atom is 0.339 e. The first-order chi connectivity index (χ1) is 14.8. The van der Waals surface area contributed by atoms with Gasteiger partial charge in [0, 0.05) is 22.6 Å². The fourth-order valence-corrected chi connectivity index (χ4v) is 3.62. The molecule has 3 aromatic rings. The summed E-state index contributed by atoms with van der Waals surface area (Å²) in [7, 11) is 0. The van der Waals surface area contributed by atoms with Crippen LogP contribution >= 0.6 is 11.3 Å². The van der Waals surface area contributed by atoms with E-state index in [-0.39, 0.29) is 16.8 Å². The Morgan fingerprint density at radius 2 is 1.94 bits per heavy atom. The van der Waals surface area contributed by atoms with Gasteiger partial charge in [0.15, 0.2) is 11.2 Å². The summed E-state index contributed by atoms with van der Waals surface area (Å²) < 4.78 is 5.21. The van der Waals surface area contributed by atoms with Crippen LogP contribution in [-0.4, -0.2) is 27.9 Å². The molecule has 1 N–H and O–H groups in total. The Balaban J connectivity index is 1.65. The van der Waals surface area contributed by atoms with E-state index in [0.717, 1.165) is 17.7 Å². The zero-order valence-electron chi connectivity index (χ0n) is 17.2. The molecule has 0 fully saturated rings. The number of nitrogens with one attached hydrogen (secondary N) is 1. The third-order valence-corrected chi connectivity index (χ3v) is 5.52. The summed E-state index contributed by atoms with van der Waals surface area (Å²) in [6.45, 7) is 4.97. The van der Waals surface area contributed by atoms with Crippen LogP contribution in [0, 0.1) is 17.0 Å². The fraction of sp³-hybridized carbons (Fsp3) is 0.227. The second-order valence-corrected chi connectivity index (χ2v) is 7.69. The first-order valence-electron chi connectivity index (χ1n) is 9.60. The molecule has 9 heteroatoms. The van der Waals surface area contributed by atoms with E-state index in [1.54, 1.807) is 0 Å². The normalized spacial score (nSPS) is 11.6. The highest BCUT2D eigenvalue weighted by Gasteiger charge is 2.24. The number of nitro groups is 1. The minimum Gasteiger partial charge on any atom is -0.449 e. The number of benzene rings is 2. The van der Waals surface area contributed by atoms with Gasteiger partial charge in [-0.25, -0.2) is 9.78 Å². The number of rotatable bonds is 7. The largest absolute Gasteiger partial charge is 0.449 e. The average Bonchev–Trinajstić information content (AvgIpc) is 3.22. The molecule has 0 aliphatic carbocycles. The molecule has 1 heterocycles. The molecule has 0 spiro atoms. The summed E-state index contributed by atoms with van der Waals surface area (Å²) in [6.07, 6.45) is -0.159. The number of carbonyl (C=O) groups is 2. The highest BCUT2D eigenvalue weighted by molar-refractivity contribution is 7.14. The molecule has 0 bridgehead atoms. The minimum atomic E-state index is -1.11. The van der Waals surface area contributed by atoms with Gasteiger partial charge in [0.25, 0.3) is 11.6 Å². The van der Waals surface area contributed by atoms with E-state index in [1.165, 1.54) is 48.9 Å². The third-order valence-electron chi connectivity index (χ3n) is 4.77. The van der Waals surface area contributed by atoms with Crippen LogP contribution in [0.15, 0.2) is 47.8 Å². The second kappa shape index (κ2) is 9.48. The zero-order chi connectivity index (χ0) is 22.5. The quantitative estimate of drug-likeness (QED) is 0.322. The van der Waals surface area contributed by atoms with Gasteiger partial charge in [0.05, 0.1) is 16.2 Å². The Morgan fingerprint density at radius 1 is 1.23 bits per heavy atom. The molecule has 0 saturated carbocycles. The number of nitro benzene ring substituents is 1. The van der Waals surface area contributed by atoms with Gasteiger partial charge in [-0.3, -0.25) is 20.2 Å². The Hall–Kier alpha value is -3.59. The number of aryl methyl sites for hydroxylation is 1. The highest BCUT2D eigenvalue weighted by Crippen LogP contribution is 2.26. The molecular formula is C22H21N3O5S. The van der Waals surface area contributed by atoms with Crippen molar-refractivity contribution in [1.29, 1.82) is 0 Å². The van der Waals surface area contributed by atoms with Gasteiger partial charge < -0.3 is 4.74 Å². The van der Waals surface area contributed by atoms with E-state index >= 15 is 0 Å². The molecule has 2 aromatic carbocycles. The van der Waals surface area contributed by atoms with Gasteiger partial charge in [-0.15, -0.1) is 11.3 Å². The monoisotopic (exact) mass is 439 g/mol. The molecule has 1 atom stereocenters. The van der Waals surface area contributed by atoms with E-state index in [9.17, 15) is 19.7 Å². The number of thiazole rings is 1. The average molecular weight is 439 g/mol. The predicted octanol–water partition coefficient (Wildman–Crippen LogP) is 4.77. The number of aromatic nitrogens is 1. The van der Waals surface area contributed by atoms with Crippen molar-refractivity contribution in [2.24, 2.45) is 0 Å². The molecule has 0 aliphatic rings. The lowest BCUT2D eigenvalue weighted by atomic mass is 10.1. The molecule has 0 radical (unpaired) electrons. The van der Waals surface area contributed by atoms with Gasteiger partial charge in [-0.2, -0.15) is 0 Å². The summed E-state index contributed by atoms with van der Waals surface area (Å²) >= 11 is 1.26. The van der Waals surface area contributed by atoms with Crippen molar-refractivity contribution in [3.8, 4) is 11.3 Å². The number of hydrogen-bond donors (Lipinski definition) is 1. The molecular weight excluding hydrogens is 418 g/mol. The standard InChI is InChI=1S/C22H21N3O5S/c1-4-15-8-10-16(11-9-15)18-12-31-22(23-18)24-20(26)14(3)30-21(27)17-6-5-7-19(13(17)2)25(28)29/h5-12,14H,4H2,1-3H3,(H,23,24,26). The van der Waals surface area contributed by atoms with Crippen LogP contribution in [-0.2, 0) is 16.0 Å². The van der Waals surface area contributed by atoms with E-state index in [2.05, 4.69) is 17.2 Å².